The van der Waals surface area contributed by atoms with Crippen LogP contribution in [0.1, 0.15) is 48.5 Å². The van der Waals surface area contributed by atoms with Gasteiger partial charge in [-0.05, 0) is 37.7 Å². The third-order valence-electron chi connectivity index (χ3n) is 4.73. The number of hydrogen-bond donors (Lipinski definition) is 3. The van der Waals surface area contributed by atoms with E-state index in [2.05, 4.69) is 22.2 Å². The van der Waals surface area contributed by atoms with Crippen molar-refractivity contribution < 1.29 is 9.53 Å². The zero-order chi connectivity index (χ0) is 17.1. The maximum absolute atomic E-state index is 12.5. The maximum Gasteiger partial charge on any atom is 0.258 e. The van der Waals surface area contributed by atoms with Crippen molar-refractivity contribution in [2.45, 2.75) is 45.6 Å². The van der Waals surface area contributed by atoms with Crippen molar-refractivity contribution >= 4 is 16.8 Å². The summed E-state index contributed by atoms with van der Waals surface area (Å²) < 4.78 is 5.63. The lowest BCUT2D eigenvalue weighted by Crippen LogP contribution is -2.45. The molecule has 0 saturated heterocycles. The molecular weight excluding hydrogens is 306 g/mol. The van der Waals surface area contributed by atoms with Crippen LogP contribution in [-0.2, 0) is 4.74 Å². The topological polar surface area (TPSA) is 87.0 Å². The number of H-pyrrole nitrogens is 2. The zero-order valence-corrected chi connectivity index (χ0v) is 14.3. The summed E-state index contributed by atoms with van der Waals surface area (Å²) in [5, 5.41) is 3.46. The van der Waals surface area contributed by atoms with Gasteiger partial charge >= 0.3 is 0 Å². The van der Waals surface area contributed by atoms with Crippen LogP contribution in [0.5, 0.6) is 0 Å². The second-order valence-electron chi connectivity index (χ2n) is 6.69. The molecule has 0 spiro atoms. The molecule has 2 aromatic heterocycles. The van der Waals surface area contributed by atoms with E-state index < -0.39 is 0 Å². The van der Waals surface area contributed by atoms with Crippen LogP contribution in [0.2, 0.25) is 0 Å². The quantitative estimate of drug-likeness (QED) is 0.681. The summed E-state index contributed by atoms with van der Waals surface area (Å²) in [6, 6.07) is 0.172. The number of aromatic nitrogens is 2. The minimum atomic E-state index is -0.238. The number of aryl methyl sites for hydroxylation is 1. The molecule has 1 aliphatic rings. The molecule has 0 unspecified atom stereocenters. The lowest BCUT2D eigenvalue weighted by atomic mass is 9.81. The number of hydrogen-bond acceptors (Lipinski definition) is 3. The number of nitrogens with one attached hydrogen (secondary N) is 3. The SMILES string of the molecule is CCCCOCC1CC(NC(=O)c2c[nH]c3c(C)c[nH]c(=O)c23)C1. The minimum absolute atomic E-state index is 0.172. The average Bonchev–Trinajstić information content (AvgIpc) is 2.98. The van der Waals surface area contributed by atoms with E-state index in [1.54, 1.807) is 12.4 Å². The molecule has 0 bridgehead atoms. The second kappa shape index (κ2) is 7.21. The van der Waals surface area contributed by atoms with E-state index in [0.29, 0.717) is 16.9 Å². The van der Waals surface area contributed by atoms with Gasteiger partial charge in [0.05, 0.1) is 16.5 Å². The van der Waals surface area contributed by atoms with Gasteiger partial charge in [0.2, 0.25) is 0 Å². The summed E-state index contributed by atoms with van der Waals surface area (Å²) >= 11 is 0. The Hall–Kier alpha value is -2.08. The molecule has 130 valence electrons. The molecule has 1 aliphatic carbocycles. The van der Waals surface area contributed by atoms with Gasteiger partial charge in [-0.25, -0.2) is 0 Å². The molecule has 2 aromatic rings. The fourth-order valence-corrected chi connectivity index (χ4v) is 3.22. The molecule has 1 fully saturated rings. The zero-order valence-electron chi connectivity index (χ0n) is 14.3. The van der Waals surface area contributed by atoms with Gasteiger partial charge in [0, 0.05) is 31.6 Å². The third kappa shape index (κ3) is 3.38. The monoisotopic (exact) mass is 331 g/mol. The fraction of sp³-hybridized carbons (Fsp3) is 0.556. The number of unbranched alkanes of at least 4 members (excludes halogenated alkanes) is 1. The molecule has 0 atom stereocenters. The first-order valence-corrected chi connectivity index (χ1v) is 8.68. The van der Waals surface area contributed by atoms with E-state index >= 15 is 0 Å². The summed E-state index contributed by atoms with van der Waals surface area (Å²) in [4.78, 5) is 30.2. The summed E-state index contributed by atoms with van der Waals surface area (Å²) in [6.45, 7) is 5.64. The largest absolute Gasteiger partial charge is 0.381 e. The number of fused-ring (bicyclic) bond motifs is 1. The van der Waals surface area contributed by atoms with Gasteiger partial charge in [0.15, 0.2) is 0 Å². The first-order chi connectivity index (χ1) is 11.6. The van der Waals surface area contributed by atoms with Gasteiger partial charge in [-0.1, -0.05) is 13.3 Å². The normalized spacial score (nSPS) is 20.1. The van der Waals surface area contributed by atoms with E-state index in [1.807, 2.05) is 6.92 Å². The lowest BCUT2D eigenvalue weighted by Gasteiger charge is -2.35. The minimum Gasteiger partial charge on any atom is -0.381 e. The molecule has 2 heterocycles. The summed E-state index contributed by atoms with van der Waals surface area (Å²) in [5.41, 5.74) is 1.81. The Morgan fingerprint density at radius 3 is 2.88 bits per heavy atom. The van der Waals surface area contributed by atoms with Crippen LogP contribution in [-0.4, -0.2) is 35.1 Å². The predicted molar refractivity (Wildman–Crippen MR) is 93.4 cm³/mol. The number of aromatic amines is 2. The number of carbonyl (C=O) groups is 1. The highest BCUT2D eigenvalue weighted by Crippen LogP contribution is 2.28. The Morgan fingerprint density at radius 1 is 1.33 bits per heavy atom. The number of ether oxygens (including phenoxy) is 1. The van der Waals surface area contributed by atoms with Gasteiger partial charge in [0.1, 0.15) is 0 Å². The van der Waals surface area contributed by atoms with E-state index in [0.717, 1.165) is 50.0 Å². The van der Waals surface area contributed by atoms with Crippen LogP contribution < -0.4 is 10.9 Å². The first kappa shape index (κ1) is 16.8. The highest BCUT2D eigenvalue weighted by molar-refractivity contribution is 6.07. The van der Waals surface area contributed by atoms with Gasteiger partial charge < -0.3 is 20.0 Å². The van der Waals surface area contributed by atoms with Crippen molar-refractivity contribution in [3.05, 3.63) is 33.9 Å². The third-order valence-corrected chi connectivity index (χ3v) is 4.73. The van der Waals surface area contributed by atoms with E-state index in [1.165, 1.54) is 0 Å². The van der Waals surface area contributed by atoms with Gasteiger partial charge in [0.25, 0.3) is 11.5 Å². The lowest BCUT2D eigenvalue weighted by molar-refractivity contribution is 0.0505. The van der Waals surface area contributed by atoms with Gasteiger partial charge in [-0.3, -0.25) is 9.59 Å². The molecule has 3 N–H and O–H groups in total. The Labute approximate surface area is 141 Å². The Morgan fingerprint density at radius 2 is 2.12 bits per heavy atom. The highest BCUT2D eigenvalue weighted by Gasteiger charge is 2.31. The van der Waals surface area contributed by atoms with Crippen molar-refractivity contribution in [3.63, 3.8) is 0 Å². The Balaban J connectivity index is 1.56. The molecule has 1 saturated carbocycles. The number of carbonyl (C=O) groups excluding carboxylic acids is 1. The van der Waals surface area contributed by atoms with Crippen LogP contribution >= 0.6 is 0 Å². The number of amides is 1. The number of rotatable bonds is 7. The highest BCUT2D eigenvalue weighted by atomic mass is 16.5. The molecule has 0 aromatic carbocycles. The molecule has 0 radical (unpaired) electrons. The maximum atomic E-state index is 12.5. The van der Waals surface area contributed by atoms with E-state index in [9.17, 15) is 9.59 Å². The Bertz CT molecular complexity index is 771. The summed E-state index contributed by atoms with van der Waals surface area (Å²) in [7, 11) is 0. The average molecular weight is 331 g/mol. The van der Waals surface area contributed by atoms with Crippen molar-refractivity contribution in [2.75, 3.05) is 13.2 Å². The molecule has 0 aliphatic heterocycles. The van der Waals surface area contributed by atoms with E-state index in [4.69, 9.17) is 4.74 Å². The molecular formula is C18H25N3O3. The van der Waals surface area contributed by atoms with Crippen LogP contribution in [0.3, 0.4) is 0 Å². The fourth-order valence-electron chi connectivity index (χ4n) is 3.22. The summed E-state index contributed by atoms with van der Waals surface area (Å²) in [5.74, 6) is 0.341. The van der Waals surface area contributed by atoms with Crippen LogP contribution in [0, 0.1) is 12.8 Å². The number of pyridine rings is 1. The van der Waals surface area contributed by atoms with Gasteiger partial charge in [-0.2, -0.15) is 0 Å². The van der Waals surface area contributed by atoms with Crippen molar-refractivity contribution in [2.24, 2.45) is 5.92 Å². The summed E-state index contributed by atoms with van der Waals surface area (Å²) in [6.07, 6.45) is 7.39. The van der Waals surface area contributed by atoms with Crippen molar-refractivity contribution in [1.29, 1.82) is 0 Å². The van der Waals surface area contributed by atoms with Crippen LogP contribution in [0.25, 0.3) is 10.9 Å². The van der Waals surface area contributed by atoms with Crippen LogP contribution in [0.15, 0.2) is 17.2 Å². The predicted octanol–water partition coefficient (Wildman–Crippen LogP) is 2.49. The molecule has 24 heavy (non-hydrogen) atoms. The van der Waals surface area contributed by atoms with Gasteiger partial charge in [-0.15, -0.1) is 0 Å². The van der Waals surface area contributed by atoms with E-state index in [-0.39, 0.29) is 17.5 Å². The van der Waals surface area contributed by atoms with Crippen molar-refractivity contribution in [3.8, 4) is 0 Å². The van der Waals surface area contributed by atoms with Crippen LogP contribution in [0.4, 0.5) is 0 Å². The second-order valence-corrected chi connectivity index (χ2v) is 6.69. The Kier molecular flexibility index (Phi) is 5.04. The van der Waals surface area contributed by atoms with Crippen molar-refractivity contribution in [1.82, 2.24) is 15.3 Å². The molecule has 3 rings (SSSR count). The standard InChI is InChI=1S/C18H25N3O3/c1-3-4-5-24-10-12-6-13(7-12)21-17(22)14-9-19-16-11(2)8-20-18(23)15(14)16/h8-9,12-13,19H,3-7,10H2,1-2H3,(H,20,23)(H,21,22). The molecule has 6 heteroatoms. The molecule has 6 nitrogen and oxygen atoms in total. The smallest absolute Gasteiger partial charge is 0.258 e. The molecule has 1 amide bonds. The first-order valence-electron chi connectivity index (χ1n) is 8.68.